The van der Waals surface area contributed by atoms with Gasteiger partial charge < -0.3 is 4.90 Å². The van der Waals surface area contributed by atoms with Gasteiger partial charge in [-0.3, -0.25) is 0 Å². The summed E-state index contributed by atoms with van der Waals surface area (Å²) in [5, 5.41) is 1.47. The number of rotatable bonds is 4. The fourth-order valence-corrected chi connectivity index (χ4v) is 7.57. The molecule has 2 aromatic rings. The fourth-order valence-electron chi connectivity index (χ4n) is 3.46. The molecule has 0 fully saturated rings. The van der Waals surface area contributed by atoms with Gasteiger partial charge in [-0.1, -0.05) is 106 Å². The monoisotopic (exact) mass is 425 g/mol. The van der Waals surface area contributed by atoms with Gasteiger partial charge in [0.05, 0.1) is 8.07 Å². The maximum absolute atomic E-state index is 2.47. The Labute approximate surface area is 182 Å². The zero-order valence-electron chi connectivity index (χ0n) is 20.4. The predicted molar refractivity (Wildman–Crippen MR) is 139 cm³/mol. The summed E-state index contributed by atoms with van der Waals surface area (Å²) in [7, 11) is 4.21. The quantitative estimate of drug-likeness (QED) is 0.376. The van der Waals surface area contributed by atoms with Crippen molar-refractivity contribution in [3.05, 3.63) is 59.2 Å². The van der Waals surface area contributed by atoms with E-state index in [1.165, 1.54) is 35.9 Å². The van der Waals surface area contributed by atoms with Gasteiger partial charge in [0.1, 0.15) is 0 Å². The van der Waals surface area contributed by atoms with Crippen molar-refractivity contribution in [1.29, 1.82) is 0 Å². The topological polar surface area (TPSA) is 3.24 Å². The van der Waals surface area contributed by atoms with E-state index in [2.05, 4.69) is 123 Å². The Balaban J connectivity index is 2.93. The van der Waals surface area contributed by atoms with Crippen LogP contribution in [0.2, 0.25) is 19.6 Å². The van der Waals surface area contributed by atoms with Crippen LogP contribution in [-0.4, -0.2) is 27.1 Å². The van der Waals surface area contributed by atoms with Crippen LogP contribution in [0.1, 0.15) is 58.2 Å². The molecular formula is C26H40NPSi. The second-order valence-electron chi connectivity index (χ2n) is 11.4. The first kappa shape index (κ1) is 23.9. The highest BCUT2D eigenvalue weighted by Crippen LogP contribution is 2.35. The summed E-state index contributed by atoms with van der Waals surface area (Å²) in [5.41, 5.74) is 5.87. The third kappa shape index (κ3) is 5.83. The molecule has 3 heteroatoms. The van der Waals surface area contributed by atoms with Gasteiger partial charge in [-0.2, -0.15) is 0 Å². The zero-order chi connectivity index (χ0) is 22.2. The molecule has 0 spiro atoms. The molecule has 0 atom stereocenters. The second kappa shape index (κ2) is 8.40. The minimum Gasteiger partial charge on any atom is -0.377 e. The lowest BCUT2D eigenvalue weighted by Crippen LogP contribution is -2.35. The van der Waals surface area contributed by atoms with Gasteiger partial charge in [-0.15, -0.1) is 0 Å². The van der Waals surface area contributed by atoms with Crippen LogP contribution in [0.25, 0.3) is 0 Å². The van der Waals surface area contributed by atoms with Gasteiger partial charge in [-0.05, 0) is 38.5 Å². The SMILES string of the molecule is CN(C)c1cc(C(C)(C)C)cc(C(C)(C)C)c1P=C(c1ccccc1)[Si](C)(C)C. The molecule has 0 radical (unpaired) electrons. The number of benzene rings is 2. The summed E-state index contributed by atoms with van der Waals surface area (Å²) in [4.78, 5) is 3.91. The van der Waals surface area contributed by atoms with Crippen LogP contribution < -0.4 is 10.2 Å². The second-order valence-corrected chi connectivity index (χ2v) is 17.9. The van der Waals surface area contributed by atoms with E-state index in [1.54, 1.807) is 4.92 Å². The zero-order valence-corrected chi connectivity index (χ0v) is 22.3. The molecule has 0 bridgehead atoms. The van der Waals surface area contributed by atoms with E-state index in [-0.39, 0.29) is 10.8 Å². The summed E-state index contributed by atoms with van der Waals surface area (Å²) in [5.74, 6) is 0. The van der Waals surface area contributed by atoms with E-state index in [4.69, 9.17) is 0 Å². The van der Waals surface area contributed by atoms with E-state index in [9.17, 15) is 0 Å². The van der Waals surface area contributed by atoms with Crippen molar-refractivity contribution in [2.24, 2.45) is 0 Å². The summed E-state index contributed by atoms with van der Waals surface area (Å²) >= 11 is 0. The minimum absolute atomic E-state index is 0.0928. The van der Waals surface area contributed by atoms with Crippen molar-refractivity contribution in [3.63, 3.8) is 0 Å². The molecule has 0 saturated carbocycles. The van der Waals surface area contributed by atoms with Crippen LogP contribution in [0.15, 0.2) is 42.5 Å². The number of hydrogen-bond acceptors (Lipinski definition) is 1. The number of anilines is 1. The Morgan fingerprint density at radius 1 is 0.828 bits per heavy atom. The molecule has 29 heavy (non-hydrogen) atoms. The first-order chi connectivity index (χ1) is 13.1. The molecule has 0 N–H and O–H groups in total. The standard InChI is InChI=1S/C26H40NPSi/c1-25(2,3)20-17-21(26(4,5)6)23(22(18-20)27(7)8)28-24(29(9,10)11)19-15-13-12-14-16-19/h12-18H,1-11H3. The van der Waals surface area contributed by atoms with Crippen molar-refractivity contribution >= 4 is 32.2 Å². The molecule has 2 aromatic carbocycles. The summed E-state index contributed by atoms with van der Waals surface area (Å²) in [6, 6.07) is 15.9. The fraction of sp³-hybridized carbons (Fsp3) is 0.500. The highest BCUT2D eigenvalue weighted by molar-refractivity contribution is 7.58. The molecule has 158 valence electrons. The van der Waals surface area contributed by atoms with Crippen LogP contribution in [-0.2, 0) is 10.8 Å². The molecule has 0 aromatic heterocycles. The molecule has 0 saturated heterocycles. The van der Waals surface area contributed by atoms with Gasteiger partial charge in [0.2, 0.25) is 0 Å². The summed E-state index contributed by atoms with van der Waals surface area (Å²) < 4.78 is 0. The molecule has 1 nitrogen and oxygen atoms in total. The third-order valence-electron chi connectivity index (χ3n) is 5.23. The first-order valence-corrected chi connectivity index (χ1v) is 15.0. The van der Waals surface area contributed by atoms with Crippen LogP contribution in [0.4, 0.5) is 5.69 Å². The van der Waals surface area contributed by atoms with E-state index >= 15 is 0 Å². The third-order valence-corrected chi connectivity index (χ3v) is 10.5. The average molecular weight is 426 g/mol. The molecule has 0 heterocycles. The number of nitrogens with zero attached hydrogens (tertiary/aromatic N) is 1. The Bertz CT molecular complexity index is 876. The van der Waals surface area contributed by atoms with Crippen LogP contribution >= 0.6 is 8.20 Å². The van der Waals surface area contributed by atoms with Crippen LogP contribution in [0.3, 0.4) is 0 Å². The van der Waals surface area contributed by atoms with Crippen molar-refractivity contribution in [1.82, 2.24) is 0 Å². The lowest BCUT2D eigenvalue weighted by molar-refractivity contribution is 0.571. The molecule has 0 aliphatic carbocycles. The highest BCUT2D eigenvalue weighted by atomic mass is 31.1. The lowest BCUT2D eigenvalue weighted by Gasteiger charge is -2.31. The Morgan fingerprint density at radius 3 is 1.79 bits per heavy atom. The molecule has 2 rings (SSSR count). The van der Waals surface area contributed by atoms with Gasteiger partial charge >= 0.3 is 0 Å². The average Bonchev–Trinajstić information content (AvgIpc) is 2.57. The Hall–Kier alpha value is -1.37. The minimum atomic E-state index is -1.51. The van der Waals surface area contributed by atoms with Gasteiger partial charge in [0.15, 0.2) is 0 Å². The van der Waals surface area contributed by atoms with E-state index in [0.717, 1.165) is 0 Å². The van der Waals surface area contributed by atoms with Gasteiger partial charge in [0.25, 0.3) is 0 Å². The predicted octanol–water partition coefficient (Wildman–Crippen LogP) is 7.02. The Morgan fingerprint density at radius 2 is 1.38 bits per heavy atom. The van der Waals surface area contributed by atoms with Crippen LogP contribution in [0.5, 0.6) is 0 Å². The molecule has 0 aliphatic heterocycles. The van der Waals surface area contributed by atoms with Gasteiger partial charge in [0, 0.05) is 25.1 Å². The van der Waals surface area contributed by atoms with Crippen molar-refractivity contribution in [2.75, 3.05) is 19.0 Å². The van der Waals surface area contributed by atoms with E-state index in [0.29, 0.717) is 0 Å². The smallest absolute Gasteiger partial charge is 0.0843 e. The maximum atomic E-state index is 2.47. The summed E-state index contributed by atoms with van der Waals surface area (Å²) in [6.07, 6.45) is 0. The molecular weight excluding hydrogens is 385 g/mol. The maximum Gasteiger partial charge on any atom is 0.0843 e. The Kier molecular flexibility index (Phi) is 6.92. The van der Waals surface area contributed by atoms with Gasteiger partial charge in [-0.25, -0.2) is 0 Å². The van der Waals surface area contributed by atoms with E-state index < -0.39 is 8.07 Å². The first-order valence-electron chi connectivity index (χ1n) is 10.6. The number of hydrogen-bond donors (Lipinski definition) is 0. The lowest BCUT2D eigenvalue weighted by atomic mass is 9.80. The van der Waals surface area contributed by atoms with Crippen molar-refractivity contribution in [2.45, 2.75) is 72.0 Å². The van der Waals surface area contributed by atoms with Crippen molar-refractivity contribution in [3.8, 4) is 0 Å². The molecule has 0 aliphatic rings. The molecule has 0 amide bonds. The van der Waals surface area contributed by atoms with E-state index in [1.807, 2.05) is 0 Å². The highest BCUT2D eigenvalue weighted by Gasteiger charge is 2.28. The normalized spacial score (nSPS) is 13.6. The summed E-state index contributed by atoms with van der Waals surface area (Å²) in [6.45, 7) is 21.4. The van der Waals surface area contributed by atoms with Crippen LogP contribution in [0, 0.1) is 0 Å². The molecule has 0 unspecified atom stereocenters. The van der Waals surface area contributed by atoms with Crippen molar-refractivity contribution < 1.29 is 0 Å². The largest absolute Gasteiger partial charge is 0.377 e.